The van der Waals surface area contributed by atoms with Crippen LogP contribution in [-0.4, -0.2) is 37.5 Å². The van der Waals surface area contributed by atoms with Crippen molar-refractivity contribution in [2.75, 3.05) is 5.32 Å². The van der Waals surface area contributed by atoms with Gasteiger partial charge in [0.15, 0.2) is 5.65 Å². The van der Waals surface area contributed by atoms with E-state index in [-0.39, 0.29) is 5.70 Å². The Kier molecular flexibility index (Phi) is 3.88. The fourth-order valence-corrected chi connectivity index (χ4v) is 2.63. The lowest BCUT2D eigenvalue weighted by molar-refractivity contribution is -0.116. The second kappa shape index (κ2) is 6.36. The Balaban J connectivity index is 1.86. The van der Waals surface area contributed by atoms with Crippen molar-refractivity contribution in [1.29, 1.82) is 0 Å². The number of primary amides is 1. The zero-order valence-corrected chi connectivity index (χ0v) is 13.8. The molecular formula is C17H17N7O2. The molecule has 26 heavy (non-hydrogen) atoms. The fraction of sp³-hybridized carbons (Fsp3) is 0.176. The second-order valence-corrected chi connectivity index (χ2v) is 6.03. The summed E-state index contributed by atoms with van der Waals surface area (Å²) in [6.45, 7) is 0. The van der Waals surface area contributed by atoms with Crippen LogP contribution in [0.1, 0.15) is 18.4 Å². The molecule has 132 valence electrons. The number of nitrogens with zero attached hydrogens (tertiary/aromatic N) is 4. The van der Waals surface area contributed by atoms with Crippen LogP contribution in [0.3, 0.4) is 0 Å². The maximum atomic E-state index is 11.5. The van der Waals surface area contributed by atoms with Gasteiger partial charge in [-0.1, -0.05) is 0 Å². The van der Waals surface area contributed by atoms with Gasteiger partial charge in [-0.25, -0.2) is 4.98 Å². The van der Waals surface area contributed by atoms with E-state index in [0.29, 0.717) is 29.5 Å². The summed E-state index contributed by atoms with van der Waals surface area (Å²) in [6.07, 6.45) is 9.48. The predicted octanol–water partition coefficient (Wildman–Crippen LogP) is 0.666. The molecule has 0 spiro atoms. The average molecular weight is 351 g/mol. The van der Waals surface area contributed by atoms with Crippen LogP contribution in [0.4, 0.5) is 5.82 Å². The average Bonchev–Trinajstić information content (AvgIpc) is 3.11. The molecule has 2 amide bonds. The van der Waals surface area contributed by atoms with Crippen molar-refractivity contribution in [3.05, 3.63) is 48.1 Å². The van der Waals surface area contributed by atoms with Crippen molar-refractivity contribution in [1.82, 2.24) is 24.5 Å². The van der Waals surface area contributed by atoms with Crippen molar-refractivity contribution in [3.8, 4) is 5.82 Å². The SMILES string of the molecule is NC(=O)/C(=C/c1cnn2c(NC3CC3)cc(-n3cccc3)nc12)NC=O. The maximum Gasteiger partial charge on any atom is 0.265 e. The van der Waals surface area contributed by atoms with Crippen LogP contribution in [0.5, 0.6) is 0 Å². The number of anilines is 1. The summed E-state index contributed by atoms with van der Waals surface area (Å²) < 4.78 is 3.56. The van der Waals surface area contributed by atoms with E-state index in [4.69, 9.17) is 5.73 Å². The standard InChI is InChI=1S/C17H17N7O2/c18-16(26)13(19-10-25)7-11-9-20-24-15(21-12-3-4-12)8-14(22-17(11)24)23-5-1-2-6-23/h1-2,5-10,12,21H,3-4H2,(H2,18,26)(H,19,25)/b13-7-. The first-order valence-corrected chi connectivity index (χ1v) is 8.16. The lowest BCUT2D eigenvalue weighted by Gasteiger charge is -2.10. The number of hydrogen-bond donors (Lipinski definition) is 3. The number of aromatic nitrogens is 4. The summed E-state index contributed by atoms with van der Waals surface area (Å²) in [5, 5.41) is 10.1. The molecule has 4 N–H and O–H groups in total. The molecule has 0 aromatic carbocycles. The lowest BCUT2D eigenvalue weighted by Crippen LogP contribution is -2.24. The maximum absolute atomic E-state index is 11.5. The van der Waals surface area contributed by atoms with Crippen LogP contribution in [0.25, 0.3) is 17.5 Å². The summed E-state index contributed by atoms with van der Waals surface area (Å²) in [7, 11) is 0. The minimum absolute atomic E-state index is 0.0280. The van der Waals surface area contributed by atoms with E-state index in [2.05, 4.69) is 20.7 Å². The van der Waals surface area contributed by atoms with Gasteiger partial charge in [0, 0.05) is 30.1 Å². The number of nitrogens with two attached hydrogens (primary N) is 1. The molecule has 1 saturated carbocycles. The van der Waals surface area contributed by atoms with E-state index in [1.165, 1.54) is 6.08 Å². The lowest BCUT2D eigenvalue weighted by atomic mass is 10.2. The Morgan fingerprint density at radius 2 is 2.08 bits per heavy atom. The molecule has 1 fully saturated rings. The van der Waals surface area contributed by atoms with Crippen molar-refractivity contribution in [2.24, 2.45) is 5.73 Å². The third-order valence-corrected chi connectivity index (χ3v) is 4.06. The highest BCUT2D eigenvalue weighted by atomic mass is 16.2. The van der Waals surface area contributed by atoms with Crippen molar-refractivity contribution >= 4 is 29.9 Å². The topological polar surface area (TPSA) is 119 Å². The third kappa shape index (κ3) is 3.02. The van der Waals surface area contributed by atoms with Gasteiger partial charge in [-0.15, -0.1) is 0 Å². The normalized spacial score (nSPS) is 14.4. The minimum Gasteiger partial charge on any atom is -0.367 e. The minimum atomic E-state index is -0.741. The van der Waals surface area contributed by atoms with Crippen molar-refractivity contribution in [2.45, 2.75) is 18.9 Å². The number of nitrogens with one attached hydrogen (secondary N) is 2. The van der Waals surface area contributed by atoms with Gasteiger partial charge in [0.05, 0.1) is 6.20 Å². The molecule has 3 aromatic heterocycles. The Hall–Kier alpha value is -3.62. The van der Waals surface area contributed by atoms with Gasteiger partial charge in [0.25, 0.3) is 5.91 Å². The van der Waals surface area contributed by atoms with Gasteiger partial charge >= 0.3 is 0 Å². The van der Waals surface area contributed by atoms with Crippen molar-refractivity contribution < 1.29 is 9.59 Å². The fourth-order valence-electron chi connectivity index (χ4n) is 2.63. The zero-order chi connectivity index (χ0) is 18.1. The van der Waals surface area contributed by atoms with Crippen LogP contribution in [0, 0.1) is 0 Å². The highest BCUT2D eigenvalue weighted by molar-refractivity contribution is 5.98. The smallest absolute Gasteiger partial charge is 0.265 e. The Labute approximate surface area is 148 Å². The Morgan fingerprint density at radius 1 is 1.31 bits per heavy atom. The predicted molar refractivity (Wildman–Crippen MR) is 95.3 cm³/mol. The monoisotopic (exact) mass is 351 g/mol. The molecule has 1 aliphatic carbocycles. The summed E-state index contributed by atoms with van der Waals surface area (Å²) >= 11 is 0. The van der Waals surface area contributed by atoms with Gasteiger partial charge in [-0.2, -0.15) is 9.61 Å². The number of amides is 2. The Bertz CT molecular complexity index is 1000. The molecule has 3 aromatic rings. The molecule has 9 nitrogen and oxygen atoms in total. The van der Waals surface area contributed by atoms with E-state index in [1.54, 1.807) is 10.7 Å². The molecule has 0 atom stereocenters. The van der Waals surface area contributed by atoms with Crippen LogP contribution < -0.4 is 16.4 Å². The number of rotatable bonds is 7. The summed E-state index contributed by atoms with van der Waals surface area (Å²) in [5.41, 5.74) is 6.39. The van der Waals surface area contributed by atoms with E-state index in [9.17, 15) is 9.59 Å². The highest BCUT2D eigenvalue weighted by Crippen LogP contribution is 2.27. The number of fused-ring (bicyclic) bond motifs is 1. The molecule has 0 radical (unpaired) electrons. The molecule has 0 aliphatic heterocycles. The van der Waals surface area contributed by atoms with Gasteiger partial charge in [0.2, 0.25) is 6.41 Å². The number of carbonyl (C=O) groups is 2. The second-order valence-electron chi connectivity index (χ2n) is 6.03. The summed E-state index contributed by atoms with van der Waals surface area (Å²) in [4.78, 5) is 26.8. The van der Waals surface area contributed by atoms with Crippen LogP contribution in [-0.2, 0) is 9.59 Å². The largest absolute Gasteiger partial charge is 0.367 e. The first-order valence-electron chi connectivity index (χ1n) is 8.16. The van der Waals surface area contributed by atoms with Gasteiger partial charge in [-0.3, -0.25) is 9.59 Å². The van der Waals surface area contributed by atoms with E-state index < -0.39 is 5.91 Å². The molecule has 1 aliphatic rings. The molecular weight excluding hydrogens is 334 g/mol. The zero-order valence-electron chi connectivity index (χ0n) is 13.8. The van der Waals surface area contributed by atoms with Gasteiger partial charge in [-0.05, 0) is 31.1 Å². The highest BCUT2D eigenvalue weighted by Gasteiger charge is 2.23. The molecule has 4 rings (SSSR count). The van der Waals surface area contributed by atoms with E-state index in [0.717, 1.165) is 18.7 Å². The molecule has 9 heteroatoms. The van der Waals surface area contributed by atoms with Gasteiger partial charge in [0.1, 0.15) is 17.3 Å². The molecule has 0 saturated heterocycles. The quantitative estimate of drug-likeness (QED) is 0.427. The van der Waals surface area contributed by atoms with Crippen molar-refractivity contribution in [3.63, 3.8) is 0 Å². The van der Waals surface area contributed by atoms with Crippen LogP contribution in [0.2, 0.25) is 0 Å². The summed E-state index contributed by atoms with van der Waals surface area (Å²) in [6, 6.07) is 6.18. The molecule has 3 heterocycles. The van der Waals surface area contributed by atoms with E-state index >= 15 is 0 Å². The van der Waals surface area contributed by atoms with Gasteiger partial charge < -0.3 is 20.9 Å². The van der Waals surface area contributed by atoms with E-state index in [1.807, 2.05) is 35.2 Å². The number of hydrogen-bond acceptors (Lipinski definition) is 5. The summed E-state index contributed by atoms with van der Waals surface area (Å²) in [5.74, 6) is 0.781. The Morgan fingerprint density at radius 3 is 2.73 bits per heavy atom. The first-order chi connectivity index (χ1) is 12.7. The molecule has 0 unspecified atom stereocenters. The van der Waals surface area contributed by atoms with Crippen LogP contribution in [0.15, 0.2) is 42.5 Å². The number of carbonyl (C=O) groups excluding carboxylic acids is 2. The first kappa shape index (κ1) is 15.9. The third-order valence-electron chi connectivity index (χ3n) is 4.06. The van der Waals surface area contributed by atoms with Crippen LogP contribution >= 0.6 is 0 Å². The molecule has 0 bridgehead atoms.